The third-order valence-corrected chi connectivity index (χ3v) is 2.67. The van der Waals surface area contributed by atoms with Gasteiger partial charge in [-0.15, -0.1) is 0 Å². The molecule has 0 saturated heterocycles. The number of carboxylic acids is 1. The molecule has 1 aromatic rings. The van der Waals surface area contributed by atoms with Crippen LogP contribution >= 0.6 is 0 Å². The van der Waals surface area contributed by atoms with E-state index >= 15 is 0 Å². The Morgan fingerprint density at radius 3 is 2.47 bits per heavy atom. The van der Waals surface area contributed by atoms with Crippen molar-refractivity contribution in [3.63, 3.8) is 0 Å². The topological polar surface area (TPSA) is 90.2 Å². The fourth-order valence-corrected chi connectivity index (χ4v) is 1.75. The monoisotopic (exact) mass is 260 g/mol. The maximum atomic E-state index is 11.9. The quantitative estimate of drug-likeness (QED) is 0.817. The van der Waals surface area contributed by atoms with E-state index in [1.165, 1.54) is 0 Å². The Balaban J connectivity index is 2.69. The Labute approximate surface area is 111 Å². The second kappa shape index (κ2) is 7.17. The number of nitriles is 1. The first-order valence-corrected chi connectivity index (χ1v) is 6.09. The maximum Gasteiger partial charge on any atom is 0.305 e. The molecule has 0 spiro atoms. The number of hydrogen-bond acceptors (Lipinski definition) is 3. The molecule has 2 N–H and O–H groups in total. The third kappa shape index (κ3) is 4.80. The van der Waals surface area contributed by atoms with Gasteiger partial charge in [0.15, 0.2) is 0 Å². The number of carbonyl (C=O) groups excluding carboxylic acids is 1. The van der Waals surface area contributed by atoms with Gasteiger partial charge in [-0.25, -0.2) is 0 Å². The lowest BCUT2D eigenvalue weighted by atomic mass is 10.1. The van der Waals surface area contributed by atoms with E-state index in [-0.39, 0.29) is 18.4 Å². The van der Waals surface area contributed by atoms with Crippen molar-refractivity contribution in [2.24, 2.45) is 0 Å². The zero-order valence-electron chi connectivity index (χ0n) is 10.7. The molecular formula is C14H16N2O3. The van der Waals surface area contributed by atoms with Gasteiger partial charge in [-0.1, -0.05) is 13.3 Å². The molecule has 5 heteroatoms. The Morgan fingerprint density at radius 2 is 2.00 bits per heavy atom. The number of carboxylic acid groups (broad SMARTS) is 1. The highest BCUT2D eigenvalue weighted by molar-refractivity contribution is 5.94. The summed E-state index contributed by atoms with van der Waals surface area (Å²) < 4.78 is 0. The van der Waals surface area contributed by atoms with Gasteiger partial charge in [-0.05, 0) is 30.7 Å². The molecule has 1 rings (SSSR count). The van der Waals surface area contributed by atoms with Crippen molar-refractivity contribution < 1.29 is 14.7 Å². The summed E-state index contributed by atoms with van der Waals surface area (Å²) in [6.07, 6.45) is 1.33. The van der Waals surface area contributed by atoms with E-state index in [1.54, 1.807) is 24.3 Å². The van der Waals surface area contributed by atoms with Crippen molar-refractivity contribution in [3.8, 4) is 6.07 Å². The second-order valence-corrected chi connectivity index (χ2v) is 4.25. The minimum Gasteiger partial charge on any atom is -0.481 e. The zero-order chi connectivity index (χ0) is 14.3. The van der Waals surface area contributed by atoms with Crippen LogP contribution in [0.15, 0.2) is 24.3 Å². The molecule has 0 fully saturated rings. The van der Waals surface area contributed by atoms with Crippen LogP contribution in [0, 0.1) is 11.3 Å². The highest BCUT2D eigenvalue weighted by atomic mass is 16.4. The molecule has 0 radical (unpaired) electrons. The van der Waals surface area contributed by atoms with Gasteiger partial charge in [-0.2, -0.15) is 5.26 Å². The summed E-state index contributed by atoms with van der Waals surface area (Å²) >= 11 is 0. The van der Waals surface area contributed by atoms with Crippen LogP contribution in [0.3, 0.4) is 0 Å². The standard InChI is InChI=1S/C14H16N2O3/c1-2-3-12(8-13(17)18)16-14(19)11-6-4-10(9-15)5-7-11/h4-7,12H,2-3,8H2,1H3,(H,16,19)(H,17,18). The number of carbonyl (C=O) groups is 2. The van der Waals surface area contributed by atoms with Crippen molar-refractivity contribution in [2.45, 2.75) is 32.2 Å². The van der Waals surface area contributed by atoms with Crippen LogP contribution in [0.2, 0.25) is 0 Å². The van der Waals surface area contributed by atoms with E-state index < -0.39 is 5.97 Å². The van der Waals surface area contributed by atoms with Crippen LogP contribution in [-0.2, 0) is 4.79 Å². The zero-order valence-corrected chi connectivity index (χ0v) is 10.7. The number of nitrogens with one attached hydrogen (secondary N) is 1. The predicted octanol–water partition coefficient (Wildman–Crippen LogP) is 1.93. The number of nitrogens with zero attached hydrogens (tertiary/aromatic N) is 1. The van der Waals surface area contributed by atoms with E-state index in [2.05, 4.69) is 5.32 Å². The Bertz CT molecular complexity index is 488. The molecule has 1 amide bonds. The summed E-state index contributed by atoms with van der Waals surface area (Å²) in [4.78, 5) is 22.6. The summed E-state index contributed by atoms with van der Waals surface area (Å²) in [6.45, 7) is 1.93. The molecule has 0 aromatic heterocycles. The highest BCUT2D eigenvalue weighted by Gasteiger charge is 2.16. The van der Waals surface area contributed by atoms with Gasteiger partial charge in [0.2, 0.25) is 0 Å². The molecule has 0 heterocycles. The minimum absolute atomic E-state index is 0.0874. The molecular weight excluding hydrogens is 244 g/mol. The molecule has 0 bridgehead atoms. The number of aliphatic carboxylic acids is 1. The SMILES string of the molecule is CCCC(CC(=O)O)NC(=O)c1ccc(C#N)cc1. The Hall–Kier alpha value is -2.35. The molecule has 1 unspecified atom stereocenters. The van der Waals surface area contributed by atoms with E-state index in [4.69, 9.17) is 10.4 Å². The summed E-state index contributed by atoms with van der Waals surface area (Å²) in [6, 6.07) is 7.82. The van der Waals surface area contributed by atoms with E-state index in [0.717, 1.165) is 6.42 Å². The van der Waals surface area contributed by atoms with Gasteiger partial charge >= 0.3 is 5.97 Å². The summed E-state index contributed by atoms with van der Waals surface area (Å²) in [7, 11) is 0. The summed E-state index contributed by atoms with van der Waals surface area (Å²) in [5.74, 6) is -1.25. The largest absolute Gasteiger partial charge is 0.481 e. The molecule has 0 aliphatic heterocycles. The average Bonchev–Trinajstić information content (AvgIpc) is 2.38. The minimum atomic E-state index is -0.932. The van der Waals surface area contributed by atoms with Gasteiger partial charge in [0.25, 0.3) is 5.91 Å². The summed E-state index contributed by atoms with van der Waals surface area (Å²) in [5, 5.41) is 20.1. The van der Waals surface area contributed by atoms with Crippen LogP contribution in [0.25, 0.3) is 0 Å². The molecule has 0 saturated carbocycles. The normalized spacial score (nSPS) is 11.4. The molecule has 100 valence electrons. The molecule has 5 nitrogen and oxygen atoms in total. The van der Waals surface area contributed by atoms with Crippen LogP contribution < -0.4 is 5.32 Å². The fraction of sp³-hybridized carbons (Fsp3) is 0.357. The lowest BCUT2D eigenvalue weighted by Crippen LogP contribution is -2.36. The van der Waals surface area contributed by atoms with Gasteiger partial charge in [0.05, 0.1) is 18.1 Å². The van der Waals surface area contributed by atoms with Crippen LogP contribution in [0.5, 0.6) is 0 Å². The highest BCUT2D eigenvalue weighted by Crippen LogP contribution is 2.07. The number of benzene rings is 1. The first-order chi connectivity index (χ1) is 9.06. The number of hydrogen-bond donors (Lipinski definition) is 2. The smallest absolute Gasteiger partial charge is 0.305 e. The van der Waals surface area contributed by atoms with Crippen LogP contribution in [-0.4, -0.2) is 23.0 Å². The van der Waals surface area contributed by atoms with Crippen molar-refractivity contribution in [1.29, 1.82) is 5.26 Å². The van der Waals surface area contributed by atoms with Crippen LogP contribution in [0.1, 0.15) is 42.1 Å². The number of amides is 1. The molecule has 0 aliphatic rings. The summed E-state index contributed by atoms with van der Waals surface area (Å²) in [5.41, 5.74) is 0.901. The van der Waals surface area contributed by atoms with Gasteiger partial charge < -0.3 is 10.4 Å². The average molecular weight is 260 g/mol. The first kappa shape index (κ1) is 14.7. The fourth-order valence-electron chi connectivity index (χ4n) is 1.75. The predicted molar refractivity (Wildman–Crippen MR) is 69.6 cm³/mol. The molecule has 19 heavy (non-hydrogen) atoms. The van der Waals surface area contributed by atoms with E-state index in [0.29, 0.717) is 17.5 Å². The third-order valence-electron chi connectivity index (χ3n) is 2.67. The van der Waals surface area contributed by atoms with Gasteiger partial charge in [0, 0.05) is 11.6 Å². The lowest BCUT2D eigenvalue weighted by molar-refractivity contribution is -0.137. The molecule has 1 atom stereocenters. The lowest BCUT2D eigenvalue weighted by Gasteiger charge is -2.16. The van der Waals surface area contributed by atoms with Crippen molar-refractivity contribution in [2.75, 3.05) is 0 Å². The van der Waals surface area contributed by atoms with Crippen molar-refractivity contribution in [1.82, 2.24) is 5.32 Å². The maximum absolute atomic E-state index is 11.9. The van der Waals surface area contributed by atoms with Gasteiger partial charge in [0.1, 0.15) is 0 Å². The first-order valence-electron chi connectivity index (χ1n) is 6.09. The van der Waals surface area contributed by atoms with Crippen molar-refractivity contribution >= 4 is 11.9 Å². The van der Waals surface area contributed by atoms with E-state index in [9.17, 15) is 9.59 Å². The molecule has 0 aliphatic carbocycles. The Morgan fingerprint density at radius 1 is 1.37 bits per heavy atom. The van der Waals surface area contributed by atoms with E-state index in [1.807, 2.05) is 13.0 Å². The molecule has 1 aromatic carbocycles. The van der Waals surface area contributed by atoms with Crippen molar-refractivity contribution in [3.05, 3.63) is 35.4 Å². The number of rotatable bonds is 6. The Kier molecular flexibility index (Phi) is 5.55. The second-order valence-electron chi connectivity index (χ2n) is 4.25. The van der Waals surface area contributed by atoms with Gasteiger partial charge in [-0.3, -0.25) is 9.59 Å². The van der Waals surface area contributed by atoms with Crippen LogP contribution in [0.4, 0.5) is 0 Å².